The third-order valence-corrected chi connectivity index (χ3v) is 6.82. The Bertz CT molecular complexity index is 1020. The van der Waals surface area contributed by atoms with Crippen LogP contribution >= 0.6 is 0 Å². The van der Waals surface area contributed by atoms with Crippen molar-refractivity contribution < 1.29 is 22.7 Å². The molecule has 3 N–H and O–H groups in total. The van der Waals surface area contributed by atoms with Gasteiger partial charge < -0.3 is 15.8 Å². The fourth-order valence-corrected chi connectivity index (χ4v) is 4.88. The van der Waals surface area contributed by atoms with Crippen molar-refractivity contribution in [2.45, 2.75) is 36.7 Å². The normalized spacial score (nSPS) is 18.0. The third-order valence-electron chi connectivity index (χ3n) is 4.90. The number of benzene rings is 1. The molecule has 9 nitrogen and oxygen atoms in total. The number of hydrogen-bond acceptors (Lipinski definition) is 7. The largest absolute Gasteiger partial charge is 0.468 e. The molecule has 1 amide bonds. The Morgan fingerprint density at radius 2 is 1.87 bits per heavy atom. The van der Waals surface area contributed by atoms with Gasteiger partial charge >= 0.3 is 5.97 Å². The molecule has 0 unspecified atom stereocenters. The number of carbonyl (C=O) groups is 2. The van der Waals surface area contributed by atoms with Gasteiger partial charge in [-0.1, -0.05) is 12.1 Å². The molecule has 1 aliphatic heterocycles. The first-order chi connectivity index (χ1) is 14.2. The lowest BCUT2D eigenvalue weighted by atomic mass is 10.1. The molecule has 0 radical (unpaired) electrons. The fraction of sp³-hybridized carbons (Fsp3) is 0.350. The molecule has 1 aliphatic rings. The van der Waals surface area contributed by atoms with Crippen LogP contribution in [0, 0.1) is 0 Å². The number of pyridine rings is 1. The predicted octanol–water partition coefficient (Wildman–Crippen LogP) is 1.36. The molecule has 160 valence electrons. The van der Waals surface area contributed by atoms with Crippen LogP contribution in [0.2, 0.25) is 0 Å². The van der Waals surface area contributed by atoms with E-state index < -0.39 is 28.1 Å². The number of nitrogens with zero attached hydrogens (tertiary/aromatic N) is 2. The summed E-state index contributed by atoms with van der Waals surface area (Å²) in [6, 6.07) is 8.33. The van der Waals surface area contributed by atoms with Crippen LogP contribution in [-0.4, -0.2) is 55.3 Å². The van der Waals surface area contributed by atoms with E-state index in [1.54, 1.807) is 37.4 Å². The zero-order valence-electron chi connectivity index (χ0n) is 16.7. The van der Waals surface area contributed by atoms with Gasteiger partial charge in [0.15, 0.2) is 0 Å². The highest BCUT2D eigenvalue weighted by molar-refractivity contribution is 7.89. The van der Waals surface area contributed by atoms with Gasteiger partial charge in [0.05, 0.1) is 18.0 Å². The van der Waals surface area contributed by atoms with E-state index in [4.69, 9.17) is 10.5 Å². The van der Waals surface area contributed by atoms with Gasteiger partial charge in [0.25, 0.3) is 0 Å². The summed E-state index contributed by atoms with van der Waals surface area (Å²) in [7, 11) is -2.56. The van der Waals surface area contributed by atoms with Crippen LogP contribution in [0.25, 0.3) is 11.1 Å². The quantitative estimate of drug-likeness (QED) is 0.659. The third kappa shape index (κ3) is 4.50. The number of hydrogen-bond donors (Lipinski definition) is 2. The molecule has 1 aromatic heterocycles. The molecule has 0 bridgehead atoms. The number of carbonyl (C=O) groups excluding carboxylic acids is 2. The van der Waals surface area contributed by atoms with Gasteiger partial charge in [0.1, 0.15) is 11.9 Å². The molecular weight excluding hydrogens is 408 g/mol. The highest BCUT2D eigenvalue weighted by atomic mass is 32.2. The number of nitrogens with one attached hydrogen (secondary N) is 1. The lowest BCUT2D eigenvalue weighted by Gasteiger charge is -2.22. The van der Waals surface area contributed by atoms with E-state index in [1.807, 2.05) is 0 Å². The van der Waals surface area contributed by atoms with Gasteiger partial charge in [-0.15, -0.1) is 0 Å². The van der Waals surface area contributed by atoms with E-state index in [0.29, 0.717) is 18.7 Å². The molecule has 2 heterocycles. The Hall–Kier alpha value is -2.82. The molecule has 1 fully saturated rings. The van der Waals surface area contributed by atoms with Crippen molar-refractivity contribution in [2.75, 3.05) is 19.0 Å². The molecule has 1 saturated heterocycles. The molecule has 0 saturated carbocycles. The zero-order chi connectivity index (χ0) is 21.9. The summed E-state index contributed by atoms with van der Waals surface area (Å²) in [4.78, 5) is 27.8. The van der Waals surface area contributed by atoms with E-state index in [-0.39, 0.29) is 17.3 Å². The van der Waals surface area contributed by atoms with E-state index in [0.717, 1.165) is 11.1 Å². The molecule has 0 aliphatic carbocycles. The van der Waals surface area contributed by atoms with Crippen LogP contribution in [0.1, 0.15) is 19.8 Å². The highest BCUT2D eigenvalue weighted by Gasteiger charge is 2.40. The van der Waals surface area contributed by atoms with E-state index in [9.17, 15) is 18.0 Å². The molecule has 10 heteroatoms. The van der Waals surface area contributed by atoms with Gasteiger partial charge in [-0.25, -0.2) is 13.4 Å². The molecule has 30 heavy (non-hydrogen) atoms. The van der Waals surface area contributed by atoms with E-state index in [2.05, 4.69) is 10.3 Å². The van der Waals surface area contributed by atoms with Crippen molar-refractivity contribution in [1.29, 1.82) is 0 Å². The second-order valence-corrected chi connectivity index (χ2v) is 8.92. The van der Waals surface area contributed by atoms with Crippen molar-refractivity contribution in [1.82, 2.24) is 9.29 Å². The van der Waals surface area contributed by atoms with Crippen LogP contribution < -0.4 is 11.1 Å². The number of esters is 1. The summed E-state index contributed by atoms with van der Waals surface area (Å²) in [5, 5.41) is 2.60. The van der Waals surface area contributed by atoms with Gasteiger partial charge in [0, 0.05) is 18.3 Å². The molecule has 2 atom stereocenters. The van der Waals surface area contributed by atoms with Crippen LogP contribution in [0.15, 0.2) is 47.5 Å². The smallest absolute Gasteiger partial charge is 0.324 e. The van der Waals surface area contributed by atoms with Gasteiger partial charge in [-0.05, 0) is 49.6 Å². The molecular formula is C20H24N4O5S. The summed E-state index contributed by atoms with van der Waals surface area (Å²) in [6.45, 7) is 1.86. The molecule has 2 aromatic rings. The number of aromatic nitrogens is 1. The maximum atomic E-state index is 13.0. The van der Waals surface area contributed by atoms with Crippen molar-refractivity contribution >= 4 is 27.7 Å². The number of amides is 1. The Kier molecular flexibility index (Phi) is 6.49. The zero-order valence-corrected chi connectivity index (χ0v) is 17.6. The molecule has 0 spiro atoms. The summed E-state index contributed by atoms with van der Waals surface area (Å²) < 4.78 is 31.9. The minimum atomic E-state index is -3.81. The van der Waals surface area contributed by atoms with Gasteiger partial charge in [0.2, 0.25) is 15.9 Å². The maximum absolute atomic E-state index is 13.0. The highest BCUT2D eigenvalue weighted by Crippen LogP contribution is 2.28. The predicted molar refractivity (Wildman–Crippen MR) is 111 cm³/mol. The van der Waals surface area contributed by atoms with Crippen LogP contribution in [0.3, 0.4) is 0 Å². The van der Waals surface area contributed by atoms with Crippen molar-refractivity contribution in [3.05, 3.63) is 42.6 Å². The number of ether oxygens (including phenoxy) is 1. The van der Waals surface area contributed by atoms with Gasteiger partial charge in [-0.3, -0.25) is 9.59 Å². The first kappa shape index (κ1) is 21.9. The Morgan fingerprint density at radius 1 is 1.20 bits per heavy atom. The van der Waals surface area contributed by atoms with Crippen LogP contribution in [-0.2, 0) is 24.3 Å². The van der Waals surface area contributed by atoms with Gasteiger partial charge in [-0.2, -0.15) is 4.31 Å². The molecule has 1 aromatic carbocycles. The monoisotopic (exact) mass is 432 g/mol. The van der Waals surface area contributed by atoms with Crippen molar-refractivity contribution in [3.8, 4) is 11.1 Å². The van der Waals surface area contributed by atoms with E-state index >= 15 is 0 Å². The maximum Gasteiger partial charge on any atom is 0.324 e. The fourth-order valence-electron chi connectivity index (χ4n) is 3.23. The Balaban J connectivity index is 1.77. The molecule has 3 rings (SSSR count). The Labute approximate surface area is 175 Å². The summed E-state index contributed by atoms with van der Waals surface area (Å²) >= 11 is 0. The number of nitrogens with two attached hydrogens (primary N) is 1. The second kappa shape index (κ2) is 8.90. The first-order valence-corrected chi connectivity index (χ1v) is 10.9. The summed E-state index contributed by atoms with van der Waals surface area (Å²) in [5.41, 5.74) is 7.03. The topological polar surface area (TPSA) is 132 Å². The Morgan fingerprint density at radius 3 is 2.43 bits per heavy atom. The van der Waals surface area contributed by atoms with Crippen molar-refractivity contribution in [3.63, 3.8) is 0 Å². The lowest BCUT2D eigenvalue weighted by Crippen LogP contribution is -2.40. The lowest BCUT2D eigenvalue weighted by molar-refractivity contribution is -0.144. The number of sulfonamides is 1. The minimum absolute atomic E-state index is 0.107. The van der Waals surface area contributed by atoms with Crippen molar-refractivity contribution in [2.24, 2.45) is 5.73 Å². The number of rotatable bonds is 6. The number of anilines is 1. The minimum Gasteiger partial charge on any atom is -0.468 e. The second-order valence-electron chi connectivity index (χ2n) is 7.03. The summed E-state index contributed by atoms with van der Waals surface area (Å²) in [5.74, 6) is -0.505. The number of methoxy groups -OCH3 is 1. The average Bonchev–Trinajstić information content (AvgIpc) is 3.24. The first-order valence-electron chi connectivity index (χ1n) is 9.46. The summed E-state index contributed by atoms with van der Waals surface area (Å²) in [6.07, 6.45) is 2.63. The SMILES string of the molecule is COC(=O)[C@@H]1CCCN1S(=O)(=O)c1ccc(-c2ccc(NC(=O)[C@@H](C)N)nc2)cc1. The average molecular weight is 433 g/mol. The van der Waals surface area contributed by atoms with E-state index in [1.165, 1.54) is 23.5 Å². The standard InChI is InChI=1S/C20H24N4O5S/c1-13(21)19(25)23-18-10-7-15(12-22-18)14-5-8-16(9-6-14)30(27,28)24-11-3-4-17(24)20(26)29-2/h5-10,12-13,17H,3-4,11,21H2,1-2H3,(H,22,23,25)/t13-,17+/m1/s1. The van der Waals surface area contributed by atoms with Crippen LogP contribution in [0.4, 0.5) is 5.82 Å². The van der Waals surface area contributed by atoms with Crippen LogP contribution in [0.5, 0.6) is 0 Å².